The van der Waals surface area contributed by atoms with Crippen molar-refractivity contribution < 1.29 is 4.39 Å². The molecule has 0 aliphatic carbocycles. The van der Waals surface area contributed by atoms with E-state index in [1.807, 2.05) is 19.1 Å². The molecule has 5 heteroatoms. The van der Waals surface area contributed by atoms with E-state index >= 15 is 0 Å². The highest BCUT2D eigenvalue weighted by atomic mass is 19.1. The van der Waals surface area contributed by atoms with Gasteiger partial charge >= 0.3 is 0 Å². The summed E-state index contributed by atoms with van der Waals surface area (Å²) < 4.78 is 13.2. The number of nitrogens with one attached hydrogen (secondary N) is 2. The first kappa shape index (κ1) is 14.9. The Labute approximate surface area is 130 Å². The van der Waals surface area contributed by atoms with Gasteiger partial charge in [-0.1, -0.05) is 12.1 Å². The van der Waals surface area contributed by atoms with E-state index in [1.165, 1.54) is 18.6 Å². The normalized spacial score (nSPS) is 18.2. The number of piperidine rings is 1. The number of rotatable bonds is 4. The predicted octanol–water partition coefficient (Wildman–Crippen LogP) is 3.00. The van der Waals surface area contributed by atoms with E-state index in [0.717, 1.165) is 42.4 Å². The first-order chi connectivity index (χ1) is 10.7. The molecule has 1 aromatic carbocycles. The summed E-state index contributed by atoms with van der Waals surface area (Å²) in [5, 5.41) is 6.68. The van der Waals surface area contributed by atoms with E-state index in [1.54, 1.807) is 6.07 Å². The van der Waals surface area contributed by atoms with E-state index in [9.17, 15) is 4.39 Å². The van der Waals surface area contributed by atoms with Crippen LogP contribution in [0.2, 0.25) is 0 Å². The maximum Gasteiger partial charge on any atom is 0.130 e. The summed E-state index contributed by atoms with van der Waals surface area (Å²) in [7, 11) is 0. The minimum absolute atomic E-state index is 0.216. The van der Waals surface area contributed by atoms with Crippen molar-refractivity contribution in [2.45, 2.75) is 32.2 Å². The second kappa shape index (κ2) is 6.83. The lowest BCUT2D eigenvalue weighted by Gasteiger charge is -2.22. The smallest absolute Gasteiger partial charge is 0.130 e. The number of nitrogens with zero attached hydrogens (tertiary/aromatic N) is 2. The zero-order valence-electron chi connectivity index (χ0n) is 12.8. The fraction of sp³-hybridized carbons (Fsp3) is 0.412. The van der Waals surface area contributed by atoms with Crippen molar-refractivity contribution in [3.8, 4) is 0 Å². The van der Waals surface area contributed by atoms with Crippen LogP contribution in [-0.2, 0) is 6.54 Å². The molecule has 0 spiro atoms. The van der Waals surface area contributed by atoms with Crippen LogP contribution in [0.3, 0.4) is 0 Å². The summed E-state index contributed by atoms with van der Waals surface area (Å²) in [5.41, 5.74) is 1.98. The maximum atomic E-state index is 13.2. The minimum Gasteiger partial charge on any atom is -0.366 e. The van der Waals surface area contributed by atoms with Crippen LogP contribution in [0.5, 0.6) is 0 Å². The van der Waals surface area contributed by atoms with Crippen molar-refractivity contribution in [2.24, 2.45) is 0 Å². The van der Waals surface area contributed by atoms with E-state index in [-0.39, 0.29) is 5.82 Å². The van der Waals surface area contributed by atoms with Gasteiger partial charge in [-0.2, -0.15) is 0 Å². The van der Waals surface area contributed by atoms with Gasteiger partial charge in [-0.3, -0.25) is 0 Å². The molecule has 2 aromatic rings. The van der Waals surface area contributed by atoms with E-state index in [2.05, 4.69) is 20.6 Å². The van der Waals surface area contributed by atoms with Gasteiger partial charge in [0, 0.05) is 25.1 Å². The Morgan fingerprint density at radius 2 is 2.23 bits per heavy atom. The monoisotopic (exact) mass is 300 g/mol. The van der Waals surface area contributed by atoms with Crippen LogP contribution in [0.1, 0.15) is 35.8 Å². The summed E-state index contributed by atoms with van der Waals surface area (Å²) >= 11 is 0. The number of benzene rings is 1. The molecule has 0 saturated carbocycles. The molecule has 1 fully saturated rings. The lowest BCUT2D eigenvalue weighted by Crippen LogP contribution is -2.29. The van der Waals surface area contributed by atoms with Crippen molar-refractivity contribution >= 4 is 5.82 Å². The lowest BCUT2D eigenvalue weighted by atomic mass is 9.96. The zero-order chi connectivity index (χ0) is 15.4. The number of hydrogen-bond donors (Lipinski definition) is 2. The lowest BCUT2D eigenvalue weighted by molar-refractivity contribution is 0.453. The number of anilines is 1. The molecule has 2 N–H and O–H groups in total. The molecular weight excluding hydrogens is 279 g/mol. The molecule has 2 heterocycles. The topological polar surface area (TPSA) is 49.8 Å². The van der Waals surface area contributed by atoms with Crippen molar-refractivity contribution in [3.63, 3.8) is 0 Å². The Morgan fingerprint density at radius 1 is 1.32 bits per heavy atom. The summed E-state index contributed by atoms with van der Waals surface area (Å²) in [6.07, 6.45) is 2.34. The predicted molar refractivity (Wildman–Crippen MR) is 85.3 cm³/mol. The van der Waals surface area contributed by atoms with Crippen LogP contribution >= 0.6 is 0 Å². The van der Waals surface area contributed by atoms with Crippen LogP contribution in [0.15, 0.2) is 30.3 Å². The van der Waals surface area contributed by atoms with Crippen molar-refractivity contribution in [3.05, 3.63) is 53.2 Å². The minimum atomic E-state index is -0.216. The maximum absolute atomic E-state index is 13.2. The Kier molecular flexibility index (Phi) is 4.63. The van der Waals surface area contributed by atoms with Crippen LogP contribution in [-0.4, -0.2) is 23.1 Å². The summed E-state index contributed by atoms with van der Waals surface area (Å²) in [4.78, 5) is 9.01. The third kappa shape index (κ3) is 3.80. The first-order valence-electron chi connectivity index (χ1n) is 7.75. The molecule has 0 bridgehead atoms. The van der Waals surface area contributed by atoms with Gasteiger partial charge in [0.2, 0.25) is 0 Å². The standard InChI is InChI=1S/C17H21FN4/c1-12-21-16(14-5-3-7-19-11-14)9-17(22-12)20-10-13-4-2-6-15(18)8-13/h2,4,6,8-9,14,19H,3,5,7,10-11H2,1H3,(H,20,21,22)/t14-/m1/s1. The molecule has 1 atom stereocenters. The van der Waals surface area contributed by atoms with Crippen LogP contribution in [0, 0.1) is 12.7 Å². The molecule has 0 radical (unpaired) electrons. The Hall–Kier alpha value is -2.01. The van der Waals surface area contributed by atoms with Gasteiger partial charge in [0.15, 0.2) is 0 Å². The van der Waals surface area contributed by atoms with Crippen molar-refractivity contribution in [1.82, 2.24) is 15.3 Å². The van der Waals surface area contributed by atoms with Gasteiger partial charge in [-0.15, -0.1) is 0 Å². The highest BCUT2D eigenvalue weighted by Crippen LogP contribution is 2.23. The average molecular weight is 300 g/mol. The average Bonchev–Trinajstić information content (AvgIpc) is 2.53. The molecule has 1 aliphatic heterocycles. The molecule has 3 rings (SSSR count). The number of aryl methyl sites for hydroxylation is 1. The third-order valence-electron chi connectivity index (χ3n) is 3.94. The summed E-state index contributed by atoms with van der Waals surface area (Å²) in [6.45, 7) is 4.52. The number of hydrogen-bond acceptors (Lipinski definition) is 4. The van der Waals surface area contributed by atoms with Gasteiger partial charge in [-0.05, 0) is 44.0 Å². The van der Waals surface area contributed by atoms with Crippen LogP contribution < -0.4 is 10.6 Å². The van der Waals surface area contributed by atoms with Gasteiger partial charge in [0.05, 0.1) is 5.69 Å². The van der Waals surface area contributed by atoms with E-state index < -0.39 is 0 Å². The number of halogens is 1. The second-order valence-corrected chi connectivity index (χ2v) is 5.75. The fourth-order valence-electron chi connectivity index (χ4n) is 2.83. The molecule has 1 saturated heterocycles. The van der Waals surface area contributed by atoms with E-state index in [4.69, 9.17) is 0 Å². The molecule has 4 nitrogen and oxygen atoms in total. The number of aromatic nitrogens is 2. The largest absolute Gasteiger partial charge is 0.366 e. The SMILES string of the molecule is Cc1nc(NCc2cccc(F)c2)cc([C@@H]2CCCNC2)n1. The fourth-order valence-corrected chi connectivity index (χ4v) is 2.83. The summed E-state index contributed by atoms with van der Waals surface area (Å²) in [6, 6.07) is 8.62. The summed E-state index contributed by atoms with van der Waals surface area (Å²) in [5.74, 6) is 1.81. The Morgan fingerprint density at radius 3 is 3.00 bits per heavy atom. The zero-order valence-corrected chi connectivity index (χ0v) is 12.8. The molecule has 0 unspecified atom stereocenters. The highest BCUT2D eigenvalue weighted by molar-refractivity contribution is 5.38. The quantitative estimate of drug-likeness (QED) is 0.911. The van der Waals surface area contributed by atoms with Gasteiger partial charge in [0.25, 0.3) is 0 Å². The van der Waals surface area contributed by atoms with Gasteiger partial charge in [0.1, 0.15) is 17.5 Å². The third-order valence-corrected chi connectivity index (χ3v) is 3.94. The van der Waals surface area contributed by atoms with Crippen LogP contribution in [0.25, 0.3) is 0 Å². The highest BCUT2D eigenvalue weighted by Gasteiger charge is 2.17. The van der Waals surface area contributed by atoms with Crippen LogP contribution in [0.4, 0.5) is 10.2 Å². The van der Waals surface area contributed by atoms with E-state index in [0.29, 0.717) is 12.5 Å². The van der Waals surface area contributed by atoms with Gasteiger partial charge < -0.3 is 10.6 Å². The Bertz CT molecular complexity index is 638. The second-order valence-electron chi connectivity index (χ2n) is 5.75. The first-order valence-corrected chi connectivity index (χ1v) is 7.75. The van der Waals surface area contributed by atoms with Crippen molar-refractivity contribution in [1.29, 1.82) is 0 Å². The van der Waals surface area contributed by atoms with Crippen molar-refractivity contribution in [2.75, 3.05) is 18.4 Å². The molecular formula is C17H21FN4. The van der Waals surface area contributed by atoms with Gasteiger partial charge in [-0.25, -0.2) is 14.4 Å². The molecule has 22 heavy (non-hydrogen) atoms. The molecule has 116 valence electrons. The molecule has 1 aliphatic rings. The Balaban J connectivity index is 1.71. The molecule has 0 amide bonds. The molecule has 1 aromatic heterocycles.